The van der Waals surface area contributed by atoms with Crippen molar-refractivity contribution in [3.63, 3.8) is 0 Å². The molecule has 0 amide bonds. The van der Waals surface area contributed by atoms with Crippen LogP contribution in [-0.4, -0.2) is 16.2 Å². The predicted octanol–water partition coefficient (Wildman–Crippen LogP) is 2.91. The van der Waals surface area contributed by atoms with E-state index in [1.165, 1.54) is 30.2 Å². The van der Waals surface area contributed by atoms with Crippen molar-refractivity contribution in [3.05, 3.63) is 45.7 Å². The standard InChI is InChI=1S/C15H13N3OS/c1-20-15-17-13(12(8-16)14(19)18-15)11-4-2-3-10(7-11)9-5-6-9/h2-4,7,9H,5-6H2,1H3,(H,17,18,19). The lowest BCUT2D eigenvalue weighted by Gasteiger charge is -2.07. The Hall–Kier alpha value is -2.06. The number of rotatable bonds is 3. The number of aromatic amines is 1. The molecule has 1 aromatic carbocycles. The maximum Gasteiger partial charge on any atom is 0.270 e. The van der Waals surface area contributed by atoms with Crippen LogP contribution in [0.15, 0.2) is 34.2 Å². The van der Waals surface area contributed by atoms with Crippen molar-refractivity contribution in [1.82, 2.24) is 9.97 Å². The first kappa shape index (κ1) is 12.9. The molecule has 0 radical (unpaired) electrons. The summed E-state index contributed by atoms with van der Waals surface area (Å²) in [6.45, 7) is 0. The van der Waals surface area contributed by atoms with E-state index in [1.807, 2.05) is 30.5 Å². The largest absolute Gasteiger partial charge is 0.300 e. The molecular formula is C15H13N3OS. The summed E-state index contributed by atoms with van der Waals surface area (Å²) < 4.78 is 0. The van der Waals surface area contributed by atoms with Gasteiger partial charge in [0.25, 0.3) is 5.56 Å². The molecule has 0 saturated heterocycles. The molecule has 1 aliphatic carbocycles. The molecule has 3 rings (SSSR count). The summed E-state index contributed by atoms with van der Waals surface area (Å²) in [4.78, 5) is 18.9. The van der Waals surface area contributed by atoms with Gasteiger partial charge in [-0.1, -0.05) is 30.0 Å². The zero-order chi connectivity index (χ0) is 14.1. The molecule has 0 aliphatic heterocycles. The number of hydrogen-bond donors (Lipinski definition) is 1. The maximum atomic E-state index is 11.9. The van der Waals surface area contributed by atoms with Gasteiger partial charge in [0.1, 0.15) is 11.6 Å². The molecule has 0 atom stereocenters. The lowest BCUT2D eigenvalue weighted by atomic mass is 10.0. The van der Waals surface area contributed by atoms with Gasteiger partial charge < -0.3 is 4.98 Å². The van der Waals surface area contributed by atoms with Crippen LogP contribution in [0.4, 0.5) is 0 Å². The number of nitriles is 1. The molecule has 2 aromatic rings. The fraction of sp³-hybridized carbons (Fsp3) is 0.267. The van der Waals surface area contributed by atoms with E-state index >= 15 is 0 Å². The molecular weight excluding hydrogens is 270 g/mol. The smallest absolute Gasteiger partial charge is 0.270 e. The first-order valence-corrected chi connectivity index (χ1v) is 7.64. The van der Waals surface area contributed by atoms with Gasteiger partial charge in [0.05, 0.1) is 5.69 Å². The summed E-state index contributed by atoms with van der Waals surface area (Å²) in [6, 6.07) is 9.97. The van der Waals surface area contributed by atoms with Crippen molar-refractivity contribution < 1.29 is 0 Å². The van der Waals surface area contributed by atoms with E-state index in [1.54, 1.807) is 0 Å². The third kappa shape index (κ3) is 2.35. The summed E-state index contributed by atoms with van der Waals surface area (Å²) in [5, 5.41) is 9.73. The number of nitrogens with one attached hydrogen (secondary N) is 1. The Balaban J connectivity index is 2.17. The van der Waals surface area contributed by atoms with Crippen LogP contribution in [0.3, 0.4) is 0 Å². The Morgan fingerprint density at radius 1 is 1.45 bits per heavy atom. The van der Waals surface area contributed by atoms with E-state index in [2.05, 4.69) is 16.0 Å². The molecule has 1 aliphatic rings. The zero-order valence-corrected chi connectivity index (χ0v) is 11.8. The van der Waals surface area contributed by atoms with Crippen molar-refractivity contribution in [2.75, 3.05) is 6.26 Å². The van der Waals surface area contributed by atoms with E-state index in [0.717, 1.165) is 5.56 Å². The third-order valence-corrected chi connectivity index (χ3v) is 3.99. The highest BCUT2D eigenvalue weighted by Gasteiger charge is 2.24. The minimum absolute atomic E-state index is 0.0794. The molecule has 0 spiro atoms. The Morgan fingerprint density at radius 3 is 2.90 bits per heavy atom. The molecule has 5 heteroatoms. The second kappa shape index (κ2) is 5.14. The summed E-state index contributed by atoms with van der Waals surface area (Å²) >= 11 is 1.36. The van der Waals surface area contributed by atoms with Gasteiger partial charge in [-0.3, -0.25) is 4.79 Å². The van der Waals surface area contributed by atoms with E-state index in [0.29, 0.717) is 16.8 Å². The van der Waals surface area contributed by atoms with Crippen molar-refractivity contribution in [2.24, 2.45) is 0 Å². The van der Waals surface area contributed by atoms with Crippen molar-refractivity contribution >= 4 is 11.8 Å². The Labute approximate surface area is 120 Å². The van der Waals surface area contributed by atoms with Gasteiger partial charge >= 0.3 is 0 Å². The number of aromatic nitrogens is 2. The second-order valence-electron chi connectivity index (χ2n) is 4.81. The van der Waals surface area contributed by atoms with Gasteiger partial charge in [-0.25, -0.2) is 4.98 Å². The zero-order valence-electron chi connectivity index (χ0n) is 11.0. The molecule has 0 bridgehead atoms. The van der Waals surface area contributed by atoms with Crippen LogP contribution >= 0.6 is 11.8 Å². The summed E-state index contributed by atoms with van der Waals surface area (Å²) in [6.07, 6.45) is 4.27. The van der Waals surface area contributed by atoms with Crippen molar-refractivity contribution in [1.29, 1.82) is 5.26 Å². The second-order valence-corrected chi connectivity index (χ2v) is 5.61. The average molecular weight is 283 g/mol. The van der Waals surface area contributed by atoms with Crippen LogP contribution < -0.4 is 5.56 Å². The fourth-order valence-electron chi connectivity index (χ4n) is 2.22. The number of H-pyrrole nitrogens is 1. The Morgan fingerprint density at radius 2 is 2.25 bits per heavy atom. The number of nitrogens with zero attached hydrogens (tertiary/aromatic N) is 2. The fourth-order valence-corrected chi connectivity index (χ4v) is 2.60. The minimum atomic E-state index is -0.376. The van der Waals surface area contributed by atoms with Gasteiger partial charge in [-0.2, -0.15) is 5.26 Å². The molecule has 100 valence electrons. The van der Waals surface area contributed by atoms with Crippen LogP contribution in [-0.2, 0) is 0 Å². The molecule has 1 fully saturated rings. The minimum Gasteiger partial charge on any atom is -0.300 e. The van der Waals surface area contributed by atoms with Crippen LogP contribution in [0.1, 0.15) is 29.9 Å². The van der Waals surface area contributed by atoms with E-state index in [9.17, 15) is 10.1 Å². The highest BCUT2D eigenvalue weighted by molar-refractivity contribution is 7.98. The van der Waals surface area contributed by atoms with Crippen LogP contribution in [0.25, 0.3) is 11.3 Å². The molecule has 1 aromatic heterocycles. The first-order valence-electron chi connectivity index (χ1n) is 6.41. The predicted molar refractivity (Wildman–Crippen MR) is 78.8 cm³/mol. The van der Waals surface area contributed by atoms with Gasteiger partial charge in [0, 0.05) is 5.56 Å². The summed E-state index contributed by atoms with van der Waals surface area (Å²) in [7, 11) is 0. The van der Waals surface area contributed by atoms with Gasteiger partial charge in [-0.05, 0) is 36.6 Å². The lowest BCUT2D eigenvalue weighted by Crippen LogP contribution is -2.14. The molecule has 1 saturated carbocycles. The average Bonchev–Trinajstić information content (AvgIpc) is 3.31. The topological polar surface area (TPSA) is 69.5 Å². The summed E-state index contributed by atoms with van der Waals surface area (Å²) in [5.41, 5.74) is 2.28. The molecule has 1 N–H and O–H groups in total. The van der Waals surface area contributed by atoms with Gasteiger partial charge in [0.15, 0.2) is 5.16 Å². The quantitative estimate of drug-likeness (QED) is 0.694. The van der Waals surface area contributed by atoms with E-state index < -0.39 is 0 Å². The van der Waals surface area contributed by atoms with Gasteiger partial charge in [0.2, 0.25) is 0 Å². The van der Waals surface area contributed by atoms with Crippen LogP contribution in [0.2, 0.25) is 0 Å². The normalized spacial score (nSPS) is 14.0. The number of benzene rings is 1. The van der Waals surface area contributed by atoms with E-state index in [-0.39, 0.29) is 11.1 Å². The lowest BCUT2D eigenvalue weighted by molar-refractivity contribution is 0.937. The summed E-state index contributed by atoms with van der Waals surface area (Å²) in [5.74, 6) is 0.627. The Kier molecular flexibility index (Phi) is 3.33. The Bertz CT molecular complexity index is 756. The monoisotopic (exact) mass is 283 g/mol. The van der Waals surface area contributed by atoms with Crippen LogP contribution in [0.5, 0.6) is 0 Å². The maximum absolute atomic E-state index is 11.9. The number of thioether (sulfide) groups is 1. The highest BCUT2D eigenvalue weighted by Crippen LogP contribution is 2.41. The van der Waals surface area contributed by atoms with Crippen molar-refractivity contribution in [3.8, 4) is 17.3 Å². The third-order valence-electron chi connectivity index (χ3n) is 3.41. The highest BCUT2D eigenvalue weighted by atomic mass is 32.2. The molecule has 4 nitrogen and oxygen atoms in total. The van der Waals surface area contributed by atoms with E-state index in [4.69, 9.17) is 0 Å². The first-order chi connectivity index (χ1) is 9.72. The number of hydrogen-bond acceptors (Lipinski definition) is 4. The SMILES string of the molecule is CSc1nc(-c2cccc(C3CC3)c2)c(C#N)c(=O)[nH]1. The van der Waals surface area contributed by atoms with Crippen molar-refractivity contribution in [2.45, 2.75) is 23.9 Å². The van der Waals surface area contributed by atoms with Crippen LogP contribution in [0, 0.1) is 11.3 Å². The molecule has 0 unspecified atom stereocenters. The molecule has 20 heavy (non-hydrogen) atoms. The molecule has 1 heterocycles. The van der Waals surface area contributed by atoms with Gasteiger partial charge in [-0.15, -0.1) is 0 Å².